The summed E-state index contributed by atoms with van der Waals surface area (Å²) in [5.74, 6) is 2.61. The minimum atomic E-state index is 1.25. The van der Waals surface area contributed by atoms with Crippen molar-refractivity contribution in [1.82, 2.24) is 0 Å². The molecular formula is C8H16S. The smallest absolute Gasteiger partial charge is 0.00302 e. The van der Waals surface area contributed by atoms with Gasteiger partial charge in [-0.1, -0.05) is 26.0 Å². The van der Waals surface area contributed by atoms with Gasteiger partial charge in [-0.2, -0.15) is 11.8 Å². The number of rotatable bonds is 0. The van der Waals surface area contributed by atoms with Crippen LogP contribution < -0.4 is 0 Å². The van der Waals surface area contributed by atoms with Gasteiger partial charge in [-0.25, -0.2) is 0 Å². The maximum Gasteiger partial charge on any atom is -0.00302 e. The average Bonchev–Trinajstić information content (AvgIpc) is 1.94. The molecule has 0 saturated carbocycles. The topological polar surface area (TPSA) is 0 Å². The minimum Gasteiger partial charge on any atom is -0.161 e. The Hall–Kier alpha value is 0.0900. The predicted molar refractivity (Wildman–Crippen MR) is 47.0 cm³/mol. The SMILES string of the molecule is C=C1CCSCC1.CC. The van der Waals surface area contributed by atoms with Gasteiger partial charge in [-0.3, -0.25) is 0 Å². The minimum absolute atomic E-state index is 1.25. The fraction of sp³-hybridized carbons (Fsp3) is 0.750. The van der Waals surface area contributed by atoms with Crippen molar-refractivity contribution in [2.75, 3.05) is 11.5 Å². The Morgan fingerprint density at radius 3 is 1.89 bits per heavy atom. The van der Waals surface area contributed by atoms with Gasteiger partial charge >= 0.3 is 0 Å². The Kier molecular flexibility index (Phi) is 6.28. The molecule has 54 valence electrons. The molecular weight excluding hydrogens is 128 g/mol. The van der Waals surface area contributed by atoms with Crippen LogP contribution in [-0.4, -0.2) is 11.5 Å². The summed E-state index contributed by atoms with van der Waals surface area (Å²) in [7, 11) is 0. The number of hydrogen-bond donors (Lipinski definition) is 0. The fourth-order valence-electron chi connectivity index (χ4n) is 0.660. The maximum atomic E-state index is 3.90. The van der Waals surface area contributed by atoms with Crippen LogP contribution in [0.4, 0.5) is 0 Å². The summed E-state index contributed by atoms with van der Waals surface area (Å²) in [5, 5.41) is 0. The van der Waals surface area contributed by atoms with Crippen LogP contribution in [0.2, 0.25) is 0 Å². The van der Waals surface area contributed by atoms with Crippen molar-refractivity contribution < 1.29 is 0 Å². The summed E-state index contributed by atoms with van der Waals surface area (Å²) < 4.78 is 0. The zero-order valence-electron chi connectivity index (χ0n) is 6.44. The van der Waals surface area contributed by atoms with Crippen molar-refractivity contribution in [1.29, 1.82) is 0 Å². The molecule has 1 aliphatic rings. The van der Waals surface area contributed by atoms with Crippen molar-refractivity contribution in [2.45, 2.75) is 26.7 Å². The van der Waals surface area contributed by atoms with Crippen molar-refractivity contribution in [3.05, 3.63) is 12.2 Å². The Morgan fingerprint density at radius 2 is 1.67 bits per heavy atom. The molecule has 0 aromatic carbocycles. The number of hydrogen-bond acceptors (Lipinski definition) is 1. The van der Waals surface area contributed by atoms with Crippen molar-refractivity contribution >= 4 is 11.8 Å². The lowest BCUT2D eigenvalue weighted by Gasteiger charge is -2.10. The van der Waals surface area contributed by atoms with E-state index in [1.165, 1.54) is 29.9 Å². The summed E-state index contributed by atoms with van der Waals surface area (Å²) in [5.41, 5.74) is 1.44. The van der Waals surface area contributed by atoms with E-state index in [0.29, 0.717) is 0 Å². The van der Waals surface area contributed by atoms with Crippen molar-refractivity contribution in [3.63, 3.8) is 0 Å². The van der Waals surface area contributed by atoms with Gasteiger partial charge in [0.15, 0.2) is 0 Å². The van der Waals surface area contributed by atoms with Crippen LogP contribution in [0.15, 0.2) is 12.2 Å². The quantitative estimate of drug-likeness (QED) is 0.471. The van der Waals surface area contributed by atoms with Gasteiger partial charge in [0.05, 0.1) is 0 Å². The van der Waals surface area contributed by atoms with E-state index in [1.807, 2.05) is 25.6 Å². The highest BCUT2D eigenvalue weighted by atomic mass is 32.2. The normalized spacial score (nSPS) is 18.2. The first-order valence-corrected chi connectivity index (χ1v) is 4.79. The second-order valence-corrected chi connectivity index (χ2v) is 3.09. The molecule has 0 amide bonds. The first kappa shape index (κ1) is 9.09. The molecule has 0 aromatic heterocycles. The summed E-state index contributed by atoms with van der Waals surface area (Å²) in [6.45, 7) is 7.90. The molecule has 0 N–H and O–H groups in total. The highest BCUT2D eigenvalue weighted by Crippen LogP contribution is 2.19. The van der Waals surface area contributed by atoms with Crippen LogP contribution in [-0.2, 0) is 0 Å². The molecule has 0 radical (unpaired) electrons. The van der Waals surface area contributed by atoms with Crippen molar-refractivity contribution in [2.24, 2.45) is 0 Å². The molecule has 1 aliphatic heterocycles. The first-order chi connectivity index (χ1) is 4.39. The summed E-state index contributed by atoms with van der Waals surface area (Å²) in [6, 6.07) is 0. The maximum absolute atomic E-state index is 3.90. The third kappa shape index (κ3) is 4.58. The Balaban J connectivity index is 0.000000291. The Bertz CT molecular complexity index is 68.6. The van der Waals surface area contributed by atoms with Gasteiger partial charge < -0.3 is 0 Å². The fourth-order valence-corrected chi connectivity index (χ4v) is 1.73. The van der Waals surface area contributed by atoms with Gasteiger partial charge in [0, 0.05) is 0 Å². The highest BCUT2D eigenvalue weighted by molar-refractivity contribution is 7.99. The van der Waals surface area contributed by atoms with Gasteiger partial charge in [-0.05, 0) is 24.3 Å². The molecule has 0 unspecified atom stereocenters. The zero-order valence-corrected chi connectivity index (χ0v) is 7.26. The van der Waals surface area contributed by atoms with Crippen LogP contribution in [0.25, 0.3) is 0 Å². The van der Waals surface area contributed by atoms with E-state index in [-0.39, 0.29) is 0 Å². The number of allylic oxidation sites excluding steroid dienone is 1. The lowest BCUT2D eigenvalue weighted by atomic mass is 10.2. The molecule has 1 saturated heterocycles. The van der Waals surface area contributed by atoms with Crippen molar-refractivity contribution in [3.8, 4) is 0 Å². The van der Waals surface area contributed by atoms with E-state index in [9.17, 15) is 0 Å². The average molecular weight is 144 g/mol. The summed E-state index contributed by atoms with van der Waals surface area (Å²) >= 11 is 2.04. The molecule has 0 atom stereocenters. The van der Waals surface area contributed by atoms with E-state index in [1.54, 1.807) is 0 Å². The molecule has 9 heavy (non-hydrogen) atoms. The van der Waals surface area contributed by atoms with Crippen LogP contribution in [0, 0.1) is 0 Å². The van der Waals surface area contributed by atoms with Gasteiger partial charge in [0.1, 0.15) is 0 Å². The monoisotopic (exact) mass is 144 g/mol. The summed E-state index contributed by atoms with van der Waals surface area (Å²) in [4.78, 5) is 0. The third-order valence-corrected chi connectivity index (χ3v) is 2.19. The second kappa shape index (κ2) is 6.21. The molecule has 0 spiro atoms. The zero-order chi connectivity index (χ0) is 7.11. The molecule has 0 bridgehead atoms. The Labute approximate surface area is 62.7 Å². The van der Waals surface area contributed by atoms with E-state index in [2.05, 4.69) is 6.58 Å². The highest BCUT2D eigenvalue weighted by Gasteiger charge is 2.00. The molecule has 0 nitrogen and oxygen atoms in total. The molecule has 1 heterocycles. The van der Waals surface area contributed by atoms with E-state index >= 15 is 0 Å². The van der Waals surface area contributed by atoms with E-state index in [0.717, 1.165) is 0 Å². The standard InChI is InChI=1S/C6H10S.C2H6/c1-6-2-4-7-5-3-6;1-2/h1-5H2;1-2H3. The molecule has 1 fully saturated rings. The predicted octanol–water partition coefficient (Wildman–Crippen LogP) is 3.10. The van der Waals surface area contributed by atoms with Crippen LogP contribution in [0.5, 0.6) is 0 Å². The van der Waals surface area contributed by atoms with Crippen LogP contribution >= 0.6 is 11.8 Å². The molecule has 1 heteroatoms. The largest absolute Gasteiger partial charge is 0.161 e. The lowest BCUT2D eigenvalue weighted by Crippen LogP contribution is -1.95. The van der Waals surface area contributed by atoms with Crippen LogP contribution in [0.1, 0.15) is 26.7 Å². The lowest BCUT2D eigenvalue weighted by molar-refractivity contribution is 0.974. The van der Waals surface area contributed by atoms with Gasteiger partial charge in [-0.15, -0.1) is 0 Å². The third-order valence-electron chi connectivity index (χ3n) is 1.20. The summed E-state index contributed by atoms with van der Waals surface area (Å²) in [6.07, 6.45) is 2.51. The second-order valence-electron chi connectivity index (χ2n) is 1.86. The van der Waals surface area contributed by atoms with E-state index < -0.39 is 0 Å². The first-order valence-electron chi connectivity index (χ1n) is 3.64. The Morgan fingerprint density at radius 1 is 1.22 bits per heavy atom. The van der Waals surface area contributed by atoms with Gasteiger partial charge in [0.2, 0.25) is 0 Å². The molecule has 0 aromatic rings. The van der Waals surface area contributed by atoms with Gasteiger partial charge in [0.25, 0.3) is 0 Å². The van der Waals surface area contributed by atoms with E-state index in [4.69, 9.17) is 0 Å². The van der Waals surface area contributed by atoms with Crippen LogP contribution in [0.3, 0.4) is 0 Å². The number of thioether (sulfide) groups is 1. The molecule has 1 rings (SSSR count). The molecule has 0 aliphatic carbocycles.